The Morgan fingerprint density at radius 1 is 0.861 bits per heavy atom. The van der Waals surface area contributed by atoms with Crippen LogP contribution < -0.4 is 14.4 Å². The number of rotatable bonds is 12. The molecule has 0 saturated heterocycles. The highest BCUT2D eigenvalue weighted by atomic mass is 32.1. The zero-order valence-corrected chi connectivity index (χ0v) is 23.7. The molecule has 0 N–H and O–H groups in total. The van der Waals surface area contributed by atoms with Gasteiger partial charge in [0.2, 0.25) is 0 Å². The summed E-state index contributed by atoms with van der Waals surface area (Å²) >= 11 is 7.90. The Labute approximate surface area is 225 Å². The molecule has 9 heteroatoms. The molecule has 0 aliphatic rings. The van der Waals surface area contributed by atoms with Gasteiger partial charge in [-0.2, -0.15) is 25.3 Å². The topological polar surface area (TPSA) is 82.1 Å². The lowest BCUT2D eigenvalue weighted by atomic mass is 10.0. The molecular formula is C27H37NO6S2. The van der Waals surface area contributed by atoms with E-state index in [4.69, 9.17) is 14.2 Å². The van der Waals surface area contributed by atoms with E-state index in [1.807, 2.05) is 12.1 Å². The summed E-state index contributed by atoms with van der Waals surface area (Å²) in [7, 11) is 4.24. The molecule has 2 aromatic rings. The van der Waals surface area contributed by atoms with Crippen LogP contribution in [0.3, 0.4) is 0 Å². The van der Waals surface area contributed by atoms with Crippen LogP contribution in [0.4, 0.5) is 5.69 Å². The van der Waals surface area contributed by atoms with Gasteiger partial charge in [0.1, 0.15) is 11.6 Å². The molecule has 0 atom stereocenters. The lowest BCUT2D eigenvalue weighted by Crippen LogP contribution is -2.30. The highest BCUT2D eigenvalue weighted by Crippen LogP contribution is 2.31. The highest BCUT2D eigenvalue weighted by molar-refractivity contribution is 7.81. The van der Waals surface area contributed by atoms with Gasteiger partial charge < -0.3 is 19.1 Å². The Bertz CT molecular complexity index is 1010. The number of esters is 1. The number of hydrogen-bond donors (Lipinski definition) is 2. The molecule has 0 bridgehead atoms. The van der Waals surface area contributed by atoms with Gasteiger partial charge in [-0.3, -0.25) is 9.59 Å². The minimum Gasteiger partial charge on any atom is -0.493 e. The number of methoxy groups -OCH3 is 3. The van der Waals surface area contributed by atoms with Crippen molar-refractivity contribution in [2.75, 3.05) is 44.3 Å². The molecule has 0 fully saturated rings. The number of carbonyl (C=O) groups excluding carboxylic acids is 3. The van der Waals surface area contributed by atoms with Crippen molar-refractivity contribution >= 4 is 48.5 Å². The standard InChI is InChI=1S/C14H21NOS.C13H16O5S/c1-4-15(11(2)3)13-7-5-12(6-8-13)9-14(16)10-17;1-16-11-5-8(4-9(14)7-19)10(13(15)18-3)6-12(11)17-2/h5-8,11,17H,4,9-10H2,1-3H3;5-6,19H,4,7H2,1-3H3. The fraction of sp³-hybridized carbons (Fsp3) is 0.444. The first-order valence-corrected chi connectivity index (χ1v) is 12.9. The summed E-state index contributed by atoms with van der Waals surface area (Å²) in [5.41, 5.74) is 3.09. The number of carbonyl (C=O) groups is 3. The number of nitrogens with zero attached hydrogens (tertiary/aromatic N) is 1. The van der Waals surface area contributed by atoms with Crippen LogP contribution in [-0.2, 0) is 27.2 Å². The van der Waals surface area contributed by atoms with E-state index in [1.54, 1.807) is 6.07 Å². The van der Waals surface area contributed by atoms with Gasteiger partial charge in [0.15, 0.2) is 11.5 Å². The van der Waals surface area contributed by atoms with Gasteiger partial charge in [0.25, 0.3) is 0 Å². The summed E-state index contributed by atoms with van der Waals surface area (Å²) in [5.74, 6) is 0.826. The van der Waals surface area contributed by atoms with E-state index in [9.17, 15) is 14.4 Å². The third kappa shape index (κ3) is 9.43. The molecule has 0 aromatic heterocycles. The molecule has 0 aliphatic carbocycles. The number of thiol groups is 2. The molecule has 36 heavy (non-hydrogen) atoms. The molecule has 198 valence electrons. The van der Waals surface area contributed by atoms with Gasteiger partial charge in [-0.25, -0.2) is 4.79 Å². The quantitative estimate of drug-likeness (QED) is 0.306. The van der Waals surface area contributed by atoms with Gasteiger partial charge in [0, 0.05) is 42.6 Å². The lowest BCUT2D eigenvalue weighted by Gasteiger charge is -2.27. The van der Waals surface area contributed by atoms with Crippen LogP contribution in [-0.4, -0.2) is 63.0 Å². The fourth-order valence-electron chi connectivity index (χ4n) is 3.57. The van der Waals surface area contributed by atoms with Crippen molar-refractivity contribution in [2.45, 2.75) is 39.7 Å². The van der Waals surface area contributed by atoms with Crippen molar-refractivity contribution in [3.8, 4) is 11.5 Å². The summed E-state index contributed by atoms with van der Waals surface area (Å²) < 4.78 is 15.0. The second-order valence-electron chi connectivity index (χ2n) is 8.15. The summed E-state index contributed by atoms with van der Waals surface area (Å²) in [5, 5.41) is 0. The van der Waals surface area contributed by atoms with E-state index >= 15 is 0 Å². The Hall–Kier alpha value is -2.65. The van der Waals surface area contributed by atoms with Crippen molar-refractivity contribution in [1.82, 2.24) is 0 Å². The van der Waals surface area contributed by atoms with E-state index in [0.29, 0.717) is 35.3 Å². The van der Waals surface area contributed by atoms with E-state index < -0.39 is 5.97 Å². The van der Waals surface area contributed by atoms with Crippen LogP contribution in [0.2, 0.25) is 0 Å². The molecular weight excluding hydrogens is 498 g/mol. The minimum absolute atomic E-state index is 0.0916. The number of ether oxygens (including phenoxy) is 3. The van der Waals surface area contributed by atoms with Crippen LogP contribution in [0, 0.1) is 0 Å². The molecule has 0 saturated carbocycles. The molecule has 0 spiro atoms. The predicted octanol–water partition coefficient (Wildman–Crippen LogP) is 4.49. The van der Waals surface area contributed by atoms with Gasteiger partial charge in [-0.15, -0.1) is 0 Å². The van der Waals surface area contributed by atoms with Crippen molar-refractivity contribution in [3.05, 3.63) is 53.1 Å². The fourth-order valence-corrected chi connectivity index (χ4v) is 3.79. The van der Waals surface area contributed by atoms with E-state index in [0.717, 1.165) is 12.1 Å². The van der Waals surface area contributed by atoms with Crippen molar-refractivity contribution in [3.63, 3.8) is 0 Å². The molecule has 0 aliphatic heterocycles. The molecule has 0 amide bonds. The Morgan fingerprint density at radius 3 is 1.83 bits per heavy atom. The lowest BCUT2D eigenvalue weighted by molar-refractivity contribution is -0.116. The maximum atomic E-state index is 11.7. The minimum atomic E-state index is -0.525. The molecule has 0 heterocycles. The summed E-state index contributed by atoms with van der Waals surface area (Å²) in [6.45, 7) is 7.51. The molecule has 2 aromatic carbocycles. The SMILES string of the molecule is CCN(c1ccc(CC(=O)CS)cc1)C(C)C.COC(=O)c1cc(OC)c(OC)cc1CC(=O)CS. The zero-order chi connectivity index (χ0) is 27.3. The average molecular weight is 536 g/mol. The summed E-state index contributed by atoms with van der Waals surface area (Å²) in [4.78, 5) is 36.8. The van der Waals surface area contributed by atoms with Crippen LogP contribution in [0.1, 0.15) is 42.3 Å². The van der Waals surface area contributed by atoms with E-state index in [-0.39, 0.29) is 29.3 Å². The predicted molar refractivity (Wildman–Crippen MR) is 151 cm³/mol. The largest absolute Gasteiger partial charge is 0.493 e. The van der Waals surface area contributed by atoms with Crippen molar-refractivity contribution in [2.24, 2.45) is 0 Å². The van der Waals surface area contributed by atoms with Crippen LogP contribution in [0.15, 0.2) is 36.4 Å². The number of hydrogen-bond acceptors (Lipinski definition) is 9. The second kappa shape index (κ2) is 16.2. The molecule has 2 rings (SSSR count). The highest BCUT2D eigenvalue weighted by Gasteiger charge is 2.19. The van der Waals surface area contributed by atoms with E-state index in [1.165, 1.54) is 33.1 Å². The molecule has 7 nitrogen and oxygen atoms in total. The average Bonchev–Trinajstić information content (AvgIpc) is 2.89. The van der Waals surface area contributed by atoms with Crippen molar-refractivity contribution in [1.29, 1.82) is 0 Å². The number of Topliss-reactive ketones (excluding diaryl/α,β-unsaturated/α-hetero) is 2. The smallest absolute Gasteiger partial charge is 0.338 e. The summed E-state index contributed by atoms with van der Waals surface area (Å²) in [6, 6.07) is 11.8. The Kier molecular flexibility index (Phi) is 14.1. The normalized spacial score (nSPS) is 10.2. The Morgan fingerprint density at radius 2 is 1.39 bits per heavy atom. The van der Waals surface area contributed by atoms with Gasteiger partial charge in [-0.1, -0.05) is 12.1 Å². The third-order valence-corrected chi connectivity index (χ3v) is 6.09. The van der Waals surface area contributed by atoms with Crippen LogP contribution >= 0.6 is 25.3 Å². The number of ketones is 2. The van der Waals surface area contributed by atoms with E-state index in [2.05, 4.69) is 63.1 Å². The van der Waals surface area contributed by atoms with Crippen LogP contribution in [0.5, 0.6) is 11.5 Å². The van der Waals surface area contributed by atoms with Gasteiger partial charge in [-0.05, 0) is 56.2 Å². The summed E-state index contributed by atoms with van der Waals surface area (Å²) in [6.07, 6.45) is 0.575. The van der Waals surface area contributed by atoms with Gasteiger partial charge >= 0.3 is 5.97 Å². The number of anilines is 1. The first kappa shape index (κ1) is 31.4. The van der Waals surface area contributed by atoms with Crippen LogP contribution in [0.25, 0.3) is 0 Å². The first-order valence-electron chi connectivity index (χ1n) is 11.6. The number of benzene rings is 2. The molecule has 0 unspecified atom stereocenters. The monoisotopic (exact) mass is 535 g/mol. The first-order chi connectivity index (χ1) is 17.1. The second-order valence-corrected chi connectivity index (χ2v) is 8.78. The molecule has 0 radical (unpaired) electrons. The maximum Gasteiger partial charge on any atom is 0.338 e. The maximum absolute atomic E-state index is 11.7. The van der Waals surface area contributed by atoms with Gasteiger partial charge in [0.05, 0.1) is 26.9 Å². The Balaban J connectivity index is 0.000000362. The zero-order valence-electron chi connectivity index (χ0n) is 21.9. The third-order valence-electron chi connectivity index (χ3n) is 5.39. The van der Waals surface area contributed by atoms with Crippen molar-refractivity contribution < 1.29 is 28.6 Å².